The third kappa shape index (κ3) is 3.36. The van der Waals surface area contributed by atoms with Crippen molar-refractivity contribution in [1.29, 1.82) is 0 Å². The molecule has 21 heavy (non-hydrogen) atoms. The highest BCUT2D eigenvalue weighted by molar-refractivity contribution is 5.78. The zero-order chi connectivity index (χ0) is 14.8. The van der Waals surface area contributed by atoms with Crippen molar-refractivity contribution >= 4 is 5.96 Å². The highest BCUT2D eigenvalue weighted by Crippen LogP contribution is 2.39. The van der Waals surface area contributed by atoms with Crippen LogP contribution in [-0.2, 0) is 0 Å². The van der Waals surface area contributed by atoms with E-state index < -0.39 is 0 Å². The predicted molar refractivity (Wildman–Crippen MR) is 83.8 cm³/mol. The fourth-order valence-electron chi connectivity index (χ4n) is 3.23. The van der Waals surface area contributed by atoms with Crippen LogP contribution < -0.4 is 5.73 Å². The van der Waals surface area contributed by atoms with Crippen molar-refractivity contribution in [3.05, 3.63) is 35.6 Å². The van der Waals surface area contributed by atoms with Crippen molar-refractivity contribution in [3.63, 3.8) is 0 Å². The Morgan fingerprint density at radius 3 is 2.67 bits per heavy atom. The molecule has 2 fully saturated rings. The minimum Gasteiger partial charge on any atom is -0.370 e. The summed E-state index contributed by atoms with van der Waals surface area (Å²) >= 11 is 0. The number of hydrogen-bond donors (Lipinski definition) is 1. The van der Waals surface area contributed by atoms with E-state index in [4.69, 9.17) is 5.73 Å². The Morgan fingerprint density at radius 1 is 1.29 bits per heavy atom. The molecular formula is C17H24FN3. The standard InChI is InChI=1S/C17H24FN3/c1-12-5-7-21(8-6-12)17(19)20-16-10-14(11-16)13-3-2-4-15(18)9-13/h2-4,9,12,14,16H,5-8,10-11H2,1H3,(H2,19,20). The van der Waals surface area contributed by atoms with Crippen LogP contribution >= 0.6 is 0 Å². The maximum absolute atomic E-state index is 13.2. The lowest BCUT2D eigenvalue weighted by atomic mass is 9.76. The van der Waals surface area contributed by atoms with Gasteiger partial charge in [0.1, 0.15) is 5.82 Å². The highest BCUT2D eigenvalue weighted by Gasteiger charge is 2.31. The zero-order valence-electron chi connectivity index (χ0n) is 12.6. The van der Waals surface area contributed by atoms with E-state index in [1.807, 2.05) is 6.07 Å². The number of nitrogens with zero attached hydrogens (tertiary/aromatic N) is 2. The Bertz CT molecular complexity index is 515. The minimum absolute atomic E-state index is 0.151. The molecule has 4 heteroatoms. The molecule has 1 aliphatic heterocycles. The number of aliphatic imine (C=N–C) groups is 1. The van der Waals surface area contributed by atoms with Crippen LogP contribution in [0.1, 0.15) is 44.1 Å². The van der Waals surface area contributed by atoms with Crippen molar-refractivity contribution in [3.8, 4) is 0 Å². The quantitative estimate of drug-likeness (QED) is 0.671. The topological polar surface area (TPSA) is 41.6 Å². The van der Waals surface area contributed by atoms with E-state index in [-0.39, 0.29) is 5.82 Å². The second kappa shape index (κ2) is 6.04. The number of rotatable bonds is 2. The van der Waals surface area contributed by atoms with Gasteiger partial charge in [-0.3, -0.25) is 0 Å². The van der Waals surface area contributed by atoms with E-state index in [0.717, 1.165) is 37.4 Å². The average molecular weight is 289 g/mol. The number of piperidine rings is 1. The maximum atomic E-state index is 13.2. The third-order valence-electron chi connectivity index (χ3n) is 4.86. The van der Waals surface area contributed by atoms with E-state index in [2.05, 4.69) is 16.8 Å². The van der Waals surface area contributed by atoms with Crippen LogP contribution in [0.3, 0.4) is 0 Å². The van der Waals surface area contributed by atoms with Crippen molar-refractivity contribution < 1.29 is 4.39 Å². The highest BCUT2D eigenvalue weighted by atomic mass is 19.1. The van der Waals surface area contributed by atoms with Gasteiger partial charge in [0, 0.05) is 13.1 Å². The molecule has 114 valence electrons. The summed E-state index contributed by atoms with van der Waals surface area (Å²) in [5, 5.41) is 0. The first-order chi connectivity index (χ1) is 10.1. The van der Waals surface area contributed by atoms with Gasteiger partial charge < -0.3 is 10.6 Å². The maximum Gasteiger partial charge on any atom is 0.191 e. The van der Waals surface area contributed by atoms with Crippen molar-refractivity contribution in [1.82, 2.24) is 4.90 Å². The molecule has 1 aliphatic carbocycles. The van der Waals surface area contributed by atoms with E-state index in [9.17, 15) is 4.39 Å². The summed E-state index contributed by atoms with van der Waals surface area (Å²) in [7, 11) is 0. The normalized spacial score (nSPS) is 27.5. The molecule has 0 spiro atoms. The molecule has 1 heterocycles. The number of guanidine groups is 1. The molecule has 1 aromatic rings. The van der Waals surface area contributed by atoms with E-state index in [1.54, 1.807) is 12.1 Å². The number of hydrogen-bond acceptors (Lipinski definition) is 1. The molecule has 3 rings (SSSR count). The number of likely N-dealkylation sites (tertiary alicyclic amines) is 1. The summed E-state index contributed by atoms with van der Waals surface area (Å²) in [6.07, 6.45) is 4.36. The Labute approximate surface area is 126 Å². The van der Waals surface area contributed by atoms with Gasteiger partial charge in [-0.15, -0.1) is 0 Å². The predicted octanol–water partition coefficient (Wildman–Crippen LogP) is 3.12. The molecule has 0 unspecified atom stereocenters. The van der Waals surface area contributed by atoms with Crippen LogP contribution in [0, 0.1) is 11.7 Å². The van der Waals surface area contributed by atoms with Crippen LogP contribution in [-0.4, -0.2) is 30.0 Å². The largest absolute Gasteiger partial charge is 0.370 e. The summed E-state index contributed by atoms with van der Waals surface area (Å²) < 4.78 is 13.2. The number of benzene rings is 1. The molecule has 0 radical (unpaired) electrons. The Balaban J connectivity index is 1.53. The first-order valence-corrected chi connectivity index (χ1v) is 7.95. The molecule has 1 saturated carbocycles. The molecule has 0 amide bonds. The summed E-state index contributed by atoms with van der Waals surface area (Å²) in [6, 6.07) is 7.22. The third-order valence-corrected chi connectivity index (χ3v) is 4.86. The molecule has 1 aromatic carbocycles. The van der Waals surface area contributed by atoms with Gasteiger partial charge in [0.05, 0.1) is 6.04 Å². The van der Waals surface area contributed by atoms with Crippen LogP contribution in [0.4, 0.5) is 4.39 Å². The van der Waals surface area contributed by atoms with Gasteiger partial charge in [0.15, 0.2) is 5.96 Å². The zero-order valence-corrected chi connectivity index (χ0v) is 12.6. The first-order valence-electron chi connectivity index (χ1n) is 7.95. The van der Waals surface area contributed by atoms with Crippen LogP contribution in [0.5, 0.6) is 0 Å². The second-order valence-corrected chi connectivity index (χ2v) is 6.53. The molecule has 0 bridgehead atoms. The lowest BCUT2D eigenvalue weighted by Crippen LogP contribution is -2.44. The fraction of sp³-hybridized carbons (Fsp3) is 0.588. The Kier molecular flexibility index (Phi) is 4.13. The molecule has 3 nitrogen and oxygen atoms in total. The molecule has 1 saturated heterocycles. The van der Waals surface area contributed by atoms with Crippen LogP contribution in [0.15, 0.2) is 29.3 Å². The Morgan fingerprint density at radius 2 is 2.00 bits per heavy atom. The second-order valence-electron chi connectivity index (χ2n) is 6.53. The number of nitrogens with two attached hydrogens (primary N) is 1. The van der Waals surface area contributed by atoms with E-state index >= 15 is 0 Å². The fourth-order valence-corrected chi connectivity index (χ4v) is 3.23. The lowest BCUT2D eigenvalue weighted by Gasteiger charge is -2.36. The summed E-state index contributed by atoms with van der Waals surface area (Å²) in [4.78, 5) is 6.86. The van der Waals surface area contributed by atoms with Gasteiger partial charge in [0.25, 0.3) is 0 Å². The molecule has 2 aliphatic rings. The first kappa shape index (κ1) is 14.4. The van der Waals surface area contributed by atoms with Crippen LogP contribution in [0.2, 0.25) is 0 Å². The van der Waals surface area contributed by atoms with E-state index in [0.29, 0.717) is 17.9 Å². The van der Waals surface area contributed by atoms with Gasteiger partial charge in [0.2, 0.25) is 0 Å². The van der Waals surface area contributed by atoms with Crippen LogP contribution in [0.25, 0.3) is 0 Å². The van der Waals surface area contributed by atoms with Crippen molar-refractivity contribution in [2.24, 2.45) is 16.6 Å². The van der Waals surface area contributed by atoms with Gasteiger partial charge in [-0.1, -0.05) is 19.1 Å². The van der Waals surface area contributed by atoms with Gasteiger partial charge >= 0.3 is 0 Å². The monoisotopic (exact) mass is 289 g/mol. The van der Waals surface area contributed by atoms with Gasteiger partial charge in [-0.2, -0.15) is 0 Å². The molecule has 0 atom stereocenters. The minimum atomic E-state index is -0.151. The molecule has 2 N–H and O–H groups in total. The van der Waals surface area contributed by atoms with E-state index in [1.165, 1.54) is 18.9 Å². The lowest BCUT2D eigenvalue weighted by molar-refractivity contribution is 0.272. The summed E-state index contributed by atoms with van der Waals surface area (Å²) in [6.45, 7) is 4.34. The molecular weight excluding hydrogens is 265 g/mol. The average Bonchev–Trinajstić information content (AvgIpc) is 2.43. The van der Waals surface area contributed by atoms with Crippen molar-refractivity contribution in [2.45, 2.75) is 44.6 Å². The Hall–Kier alpha value is -1.58. The summed E-state index contributed by atoms with van der Waals surface area (Å²) in [5.74, 6) is 1.78. The smallest absolute Gasteiger partial charge is 0.191 e. The SMILES string of the molecule is CC1CCN(C(N)=NC2CC(c3cccc(F)c3)C2)CC1. The van der Waals surface area contributed by atoms with Gasteiger partial charge in [-0.25, -0.2) is 9.38 Å². The number of halogens is 1. The van der Waals surface area contributed by atoms with Crippen molar-refractivity contribution in [2.75, 3.05) is 13.1 Å². The molecule has 0 aromatic heterocycles. The van der Waals surface area contributed by atoms with Gasteiger partial charge in [-0.05, 0) is 55.2 Å². The summed E-state index contributed by atoms with van der Waals surface area (Å²) in [5.41, 5.74) is 7.22.